The van der Waals surface area contributed by atoms with Crippen LogP contribution in [0.2, 0.25) is 0 Å². The van der Waals surface area contributed by atoms with Gasteiger partial charge in [-0.2, -0.15) is 0 Å². The molecule has 0 aliphatic rings. The van der Waals surface area contributed by atoms with Gasteiger partial charge in [-0.3, -0.25) is 9.79 Å². The van der Waals surface area contributed by atoms with Gasteiger partial charge in [-0.15, -0.1) is 0 Å². The van der Waals surface area contributed by atoms with Crippen molar-refractivity contribution in [3.8, 4) is 0 Å². The Balaban J connectivity index is 3.33. The minimum Gasteiger partial charge on any atom is -0.370 e. The maximum atomic E-state index is 10.2. The van der Waals surface area contributed by atoms with Crippen LogP contribution < -0.4 is 16.8 Å². The molecule has 0 heterocycles. The molecule has 0 radical (unpaired) electrons. The van der Waals surface area contributed by atoms with E-state index in [0.717, 1.165) is 6.54 Å². The van der Waals surface area contributed by atoms with Gasteiger partial charge in [0.15, 0.2) is 5.96 Å². The summed E-state index contributed by atoms with van der Waals surface area (Å²) in [7, 11) is 0. The van der Waals surface area contributed by atoms with Crippen LogP contribution in [0.3, 0.4) is 0 Å². The van der Waals surface area contributed by atoms with Crippen LogP contribution in [0.15, 0.2) is 4.99 Å². The number of hydrogen-bond donors (Lipinski definition) is 3. The van der Waals surface area contributed by atoms with E-state index in [1.807, 2.05) is 6.92 Å². The largest absolute Gasteiger partial charge is 0.370 e. The van der Waals surface area contributed by atoms with Gasteiger partial charge >= 0.3 is 0 Å². The van der Waals surface area contributed by atoms with Crippen molar-refractivity contribution in [3.63, 3.8) is 0 Å². The summed E-state index contributed by atoms with van der Waals surface area (Å²) in [5.74, 6) is -0.103. The molecule has 0 fully saturated rings. The lowest BCUT2D eigenvalue weighted by Gasteiger charge is -2.01. The molecule has 76 valence electrons. The number of amides is 1. The van der Waals surface area contributed by atoms with Gasteiger partial charge in [0.2, 0.25) is 5.91 Å². The number of nitrogens with zero attached hydrogens (tertiary/aromatic N) is 1. The van der Waals surface area contributed by atoms with Gasteiger partial charge in [-0.05, 0) is 6.92 Å². The lowest BCUT2D eigenvalue weighted by atomic mass is 10.6. The van der Waals surface area contributed by atoms with E-state index in [2.05, 4.69) is 10.3 Å². The number of carbonyl (C=O) groups is 1. The van der Waals surface area contributed by atoms with Gasteiger partial charge in [0.05, 0.1) is 13.2 Å². The van der Waals surface area contributed by atoms with Crippen molar-refractivity contribution in [1.29, 1.82) is 0 Å². The van der Waals surface area contributed by atoms with Crippen molar-refractivity contribution < 1.29 is 9.53 Å². The Labute approximate surface area is 77.3 Å². The number of ether oxygens (including phenoxy) is 1. The molecule has 0 rings (SSSR count). The molecule has 1 amide bonds. The summed E-state index contributed by atoms with van der Waals surface area (Å²) in [4.78, 5) is 14.1. The summed E-state index contributed by atoms with van der Waals surface area (Å²) in [6.45, 7) is 3.35. The summed E-state index contributed by atoms with van der Waals surface area (Å²) in [5, 5.41) is 2.83. The number of nitrogens with two attached hydrogens (primary N) is 2. The summed E-state index contributed by atoms with van der Waals surface area (Å²) >= 11 is 0. The van der Waals surface area contributed by atoms with Gasteiger partial charge in [0.1, 0.15) is 6.61 Å². The summed E-state index contributed by atoms with van der Waals surface area (Å²) in [6, 6.07) is 0. The van der Waals surface area contributed by atoms with Crippen LogP contribution in [0.25, 0.3) is 0 Å². The zero-order chi connectivity index (χ0) is 10.1. The van der Waals surface area contributed by atoms with Gasteiger partial charge in [0, 0.05) is 6.54 Å². The van der Waals surface area contributed by atoms with E-state index in [-0.39, 0.29) is 6.61 Å². The van der Waals surface area contributed by atoms with Crippen molar-refractivity contribution in [2.45, 2.75) is 6.92 Å². The molecular formula is C7H16N4O2. The van der Waals surface area contributed by atoms with Crippen molar-refractivity contribution in [2.24, 2.45) is 16.5 Å². The molecule has 5 N–H and O–H groups in total. The highest BCUT2D eigenvalue weighted by molar-refractivity contribution is 5.77. The lowest BCUT2D eigenvalue weighted by Crippen LogP contribution is -2.31. The summed E-state index contributed by atoms with van der Waals surface area (Å²) < 4.78 is 4.86. The van der Waals surface area contributed by atoms with Gasteiger partial charge in [-0.1, -0.05) is 0 Å². The first-order valence-electron chi connectivity index (χ1n) is 4.06. The number of rotatable bonds is 6. The van der Waals surface area contributed by atoms with Gasteiger partial charge < -0.3 is 21.5 Å². The van der Waals surface area contributed by atoms with E-state index >= 15 is 0 Å². The monoisotopic (exact) mass is 188 g/mol. The summed E-state index contributed by atoms with van der Waals surface area (Å²) in [5.41, 5.74) is 10.3. The molecule has 6 nitrogen and oxygen atoms in total. The third kappa shape index (κ3) is 8.61. The van der Waals surface area contributed by atoms with Crippen LogP contribution >= 0.6 is 0 Å². The van der Waals surface area contributed by atoms with E-state index in [0.29, 0.717) is 19.1 Å². The topological polar surface area (TPSA) is 103 Å². The third-order valence-corrected chi connectivity index (χ3v) is 1.12. The van der Waals surface area contributed by atoms with Gasteiger partial charge in [0.25, 0.3) is 0 Å². The fourth-order valence-electron chi connectivity index (χ4n) is 0.640. The Morgan fingerprint density at radius 3 is 2.77 bits per heavy atom. The van der Waals surface area contributed by atoms with Gasteiger partial charge in [-0.25, -0.2) is 0 Å². The number of primary amides is 1. The normalized spacial score (nSPS) is 11.3. The second-order valence-corrected chi connectivity index (χ2v) is 2.32. The summed E-state index contributed by atoms with van der Waals surface area (Å²) in [6.07, 6.45) is 0. The Bertz CT molecular complexity index is 181. The Morgan fingerprint density at radius 2 is 2.23 bits per heavy atom. The standard InChI is InChI=1S/C7H16N4O2/c1-2-10-7(9)11-3-4-13-5-6(8)12/h2-5H2,1H3,(H2,8,12)(H3,9,10,11). The predicted molar refractivity (Wildman–Crippen MR) is 50.2 cm³/mol. The highest BCUT2D eigenvalue weighted by Gasteiger charge is 1.92. The molecule has 0 aliphatic heterocycles. The lowest BCUT2D eigenvalue weighted by molar-refractivity contribution is -0.122. The number of guanidine groups is 1. The fraction of sp³-hybridized carbons (Fsp3) is 0.714. The molecule has 0 atom stereocenters. The molecule has 0 bridgehead atoms. The molecule has 13 heavy (non-hydrogen) atoms. The maximum absolute atomic E-state index is 10.2. The molecule has 0 aromatic heterocycles. The molecule has 0 saturated heterocycles. The van der Waals surface area contributed by atoms with E-state index in [1.165, 1.54) is 0 Å². The molecular weight excluding hydrogens is 172 g/mol. The molecule has 0 unspecified atom stereocenters. The van der Waals surface area contributed by atoms with E-state index < -0.39 is 5.91 Å². The van der Waals surface area contributed by atoms with Crippen molar-refractivity contribution in [1.82, 2.24) is 5.32 Å². The van der Waals surface area contributed by atoms with Crippen LogP contribution in [0.5, 0.6) is 0 Å². The Morgan fingerprint density at radius 1 is 1.54 bits per heavy atom. The first kappa shape index (κ1) is 11.7. The van der Waals surface area contributed by atoms with Crippen molar-refractivity contribution in [3.05, 3.63) is 0 Å². The second kappa shape index (κ2) is 7.35. The average molecular weight is 188 g/mol. The van der Waals surface area contributed by atoms with Crippen LogP contribution in [-0.2, 0) is 9.53 Å². The number of aliphatic imine (C=N–C) groups is 1. The fourth-order valence-corrected chi connectivity index (χ4v) is 0.640. The zero-order valence-electron chi connectivity index (χ0n) is 7.75. The minimum atomic E-state index is -0.483. The Hall–Kier alpha value is -1.30. The first-order valence-corrected chi connectivity index (χ1v) is 4.06. The van der Waals surface area contributed by atoms with E-state index in [1.54, 1.807) is 0 Å². The molecule has 0 aliphatic carbocycles. The first-order chi connectivity index (χ1) is 6.16. The zero-order valence-corrected chi connectivity index (χ0v) is 7.75. The average Bonchev–Trinajstić information content (AvgIpc) is 2.03. The highest BCUT2D eigenvalue weighted by atomic mass is 16.5. The smallest absolute Gasteiger partial charge is 0.243 e. The number of hydrogen-bond acceptors (Lipinski definition) is 3. The molecule has 0 spiro atoms. The molecule has 0 aromatic carbocycles. The SMILES string of the molecule is CCNC(N)=NCCOCC(N)=O. The third-order valence-electron chi connectivity index (χ3n) is 1.12. The maximum Gasteiger partial charge on any atom is 0.243 e. The second-order valence-electron chi connectivity index (χ2n) is 2.32. The van der Waals surface area contributed by atoms with Crippen molar-refractivity contribution >= 4 is 11.9 Å². The Kier molecular flexibility index (Phi) is 6.62. The predicted octanol–water partition coefficient (Wildman–Crippen LogP) is -1.59. The van der Waals surface area contributed by atoms with Crippen LogP contribution in [0.4, 0.5) is 0 Å². The van der Waals surface area contributed by atoms with Crippen LogP contribution in [0, 0.1) is 0 Å². The number of nitrogens with one attached hydrogen (secondary N) is 1. The van der Waals surface area contributed by atoms with E-state index in [4.69, 9.17) is 16.2 Å². The molecule has 0 aromatic rings. The molecule has 0 saturated carbocycles. The van der Waals surface area contributed by atoms with Crippen LogP contribution in [-0.4, -0.2) is 38.2 Å². The number of carbonyl (C=O) groups excluding carboxylic acids is 1. The minimum absolute atomic E-state index is 0.0728. The van der Waals surface area contributed by atoms with Crippen molar-refractivity contribution in [2.75, 3.05) is 26.3 Å². The van der Waals surface area contributed by atoms with Crippen LogP contribution in [0.1, 0.15) is 6.92 Å². The molecule has 6 heteroatoms. The van der Waals surface area contributed by atoms with E-state index in [9.17, 15) is 4.79 Å². The quantitative estimate of drug-likeness (QED) is 0.266. The highest BCUT2D eigenvalue weighted by Crippen LogP contribution is 1.75.